The lowest BCUT2D eigenvalue weighted by molar-refractivity contribution is 0.561. The Labute approximate surface area is 52.7 Å². The van der Waals surface area contributed by atoms with Crippen LogP contribution in [0.3, 0.4) is 0 Å². The zero-order chi connectivity index (χ0) is 6.53. The maximum absolute atomic E-state index is 9.71. The lowest BCUT2D eigenvalue weighted by atomic mass is 10.4. The normalized spacial score (nSPS) is 8.44. The minimum absolute atomic E-state index is 0.660. The van der Waals surface area contributed by atoms with E-state index >= 15 is 0 Å². The van der Waals surface area contributed by atoms with Gasteiger partial charge in [-0.3, -0.25) is 9.78 Å². The van der Waals surface area contributed by atoms with Gasteiger partial charge in [-0.05, 0) is 12.1 Å². The fraction of sp³-hybridized carbons (Fsp3) is 0. The second-order valence-corrected chi connectivity index (χ2v) is 1.47. The molecule has 0 aromatic carbocycles. The second-order valence-electron chi connectivity index (χ2n) is 1.47. The van der Waals surface area contributed by atoms with Gasteiger partial charge in [0.15, 0.2) is 0 Å². The van der Waals surface area contributed by atoms with Gasteiger partial charge in [-0.2, -0.15) is 0 Å². The van der Waals surface area contributed by atoms with Gasteiger partial charge in [0.25, 0.3) is 0 Å². The highest BCUT2D eigenvalue weighted by Gasteiger charge is 1.84. The third kappa shape index (κ3) is 1.53. The summed E-state index contributed by atoms with van der Waals surface area (Å²) in [6, 6.07) is 3.47. The molecule has 1 radical (unpaired) electrons. The first-order chi connectivity index (χ1) is 4.43. The topological polar surface area (TPSA) is 42.0 Å². The Hall–Kier alpha value is -1.38. The van der Waals surface area contributed by atoms with Gasteiger partial charge in [-0.1, -0.05) is 0 Å². The smallest absolute Gasteiger partial charge is 0.314 e. The molecule has 0 saturated carbocycles. The zero-order valence-corrected chi connectivity index (χ0v) is 4.66. The number of hydrogen-bond acceptors (Lipinski definition) is 2. The number of amides is 1. The van der Waals surface area contributed by atoms with Gasteiger partial charge in [0.05, 0.1) is 11.9 Å². The van der Waals surface area contributed by atoms with Crippen LogP contribution in [-0.2, 0) is 4.79 Å². The molecular weight excluding hydrogens is 116 g/mol. The Bertz CT molecular complexity index is 186. The molecule has 1 amide bonds. The van der Waals surface area contributed by atoms with Gasteiger partial charge >= 0.3 is 6.41 Å². The zero-order valence-electron chi connectivity index (χ0n) is 4.66. The second kappa shape index (κ2) is 2.81. The number of rotatable bonds is 2. The molecule has 1 aromatic heterocycles. The van der Waals surface area contributed by atoms with E-state index in [1.165, 1.54) is 0 Å². The third-order valence-electron chi connectivity index (χ3n) is 0.857. The SMILES string of the molecule is O=[C]Nc1cccnc1. The van der Waals surface area contributed by atoms with Crippen LogP contribution in [0.4, 0.5) is 5.69 Å². The summed E-state index contributed by atoms with van der Waals surface area (Å²) in [5.74, 6) is 0. The van der Waals surface area contributed by atoms with Crippen LogP contribution >= 0.6 is 0 Å². The van der Waals surface area contributed by atoms with E-state index in [2.05, 4.69) is 10.3 Å². The minimum Gasteiger partial charge on any atom is -0.316 e. The maximum atomic E-state index is 9.71. The predicted octanol–water partition coefficient (Wildman–Crippen LogP) is 0.561. The largest absolute Gasteiger partial charge is 0.316 e. The van der Waals surface area contributed by atoms with Crippen molar-refractivity contribution < 1.29 is 4.79 Å². The molecule has 0 saturated heterocycles. The molecule has 0 spiro atoms. The molecule has 1 N–H and O–H groups in total. The first-order valence-electron chi connectivity index (χ1n) is 2.46. The molecule has 0 atom stereocenters. The Kier molecular flexibility index (Phi) is 1.80. The molecular formula is C6H5N2O. The van der Waals surface area contributed by atoms with Crippen LogP contribution in [0.25, 0.3) is 0 Å². The van der Waals surface area contributed by atoms with Crippen molar-refractivity contribution in [3.8, 4) is 0 Å². The van der Waals surface area contributed by atoms with Crippen molar-refractivity contribution in [3.63, 3.8) is 0 Å². The van der Waals surface area contributed by atoms with Crippen LogP contribution in [0.2, 0.25) is 0 Å². The van der Waals surface area contributed by atoms with Crippen LogP contribution in [0.1, 0.15) is 0 Å². The first-order valence-corrected chi connectivity index (χ1v) is 2.46. The molecule has 0 fully saturated rings. The lowest BCUT2D eigenvalue weighted by Crippen LogP contribution is -1.92. The number of nitrogens with one attached hydrogen (secondary N) is 1. The van der Waals surface area contributed by atoms with Gasteiger partial charge < -0.3 is 5.32 Å². The molecule has 0 aliphatic carbocycles. The number of anilines is 1. The number of nitrogens with zero attached hydrogens (tertiary/aromatic N) is 1. The Balaban J connectivity index is 2.72. The maximum Gasteiger partial charge on any atom is 0.314 e. The van der Waals surface area contributed by atoms with E-state index in [9.17, 15) is 4.79 Å². The summed E-state index contributed by atoms with van der Waals surface area (Å²) in [7, 11) is 0. The van der Waals surface area contributed by atoms with Crippen molar-refractivity contribution in [3.05, 3.63) is 24.5 Å². The predicted molar refractivity (Wildman–Crippen MR) is 33.6 cm³/mol. The summed E-state index contributed by atoms with van der Waals surface area (Å²) in [5.41, 5.74) is 0.660. The van der Waals surface area contributed by atoms with Crippen molar-refractivity contribution >= 4 is 12.1 Å². The monoisotopic (exact) mass is 121 g/mol. The highest BCUT2D eigenvalue weighted by Crippen LogP contribution is 1.98. The molecule has 0 aliphatic heterocycles. The van der Waals surface area contributed by atoms with Crippen molar-refractivity contribution in [1.82, 2.24) is 4.98 Å². The van der Waals surface area contributed by atoms with E-state index in [1.807, 2.05) is 0 Å². The van der Waals surface area contributed by atoms with Crippen LogP contribution in [0.15, 0.2) is 24.5 Å². The molecule has 0 unspecified atom stereocenters. The van der Waals surface area contributed by atoms with Crippen molar-refractivity contribution in [2.45, 2.75) is 0 Å². The number of aromatic nitrogens is 1. The van der Waals surface area contributed by atoms with E-state index < -0.39 is 0 Å². The van der Waals surface area contributed by atoms with Crippen LogP contribution in [0, 0.1) is 0 Å². The van der Waals surface area contributed by atoms with Crippen LogP contribution in [0.5, 0.6) is 0 Å². The quantitative estimate of drug-likeness (QED) is 0.581. The first kappa shape index (κ1) is 5.75. The van der Waals surface area contributed by atoms with Gasteiger partial charge in [-0.15, -0.1) is 0 Å². The number of hydrogen-bond donors (Lipinski definition) is 1. The van der Waals surface area contributed by atoms with E-state index in [4.69, 9.17) is 0 Å². The fourth-order valence-electron chi connectivity index (χ4n) is 0.496. The third-order valence-corrected chi connectivity index (χ3v) is 0.857. The van der Waals surface area contributed by atoms with E-state index in [0.717, 1.165) is 0 Å². The summed E-state index contributed by atoms with van der Waals surface area (Å²) < 4.78 is 0. The van der Waals surface area contributed by atoms with Crippen LogP contribution < -0.4 is 5.32 Å². The average molecular weight is 121 g/mol. The van der Waals surface area contributed by atoms with E-state index in [1.54, 1.807) is 30.9 Å². The fourth-order valence-corrected chi connectivity index (χ4v) is 0.496. The van der Waals surface area contributed by atoms with Gasteiger partial charge in [-0.25, -0.2) is 0 Å². The highest BCUT2D eigenvalue weighted by molar-refractivity contribution is 5.70. The Morgan fingerprint density at radius 3 is 3.11 bits per heavy atom. The van der Waals surface area contributed by atoms with Crippen LogP contribution in [-0.4, -0.2) is 11.4 Å². The average Bonchev–Trinajstić information content (AvgIpc) is 1.91. The van der Waals surface area contributed by atoms with Gasteiger partial charge in [0, 0.05) is 6.20 Å². The van der Waals surface area contributed by atoms with Gasteiger partial charge in [0.2, 0.25) is 0 Å². The summed E-state index contributed by atoms with van der Waals surface area (Å²) >= 11 is 0. The lowest BCUT2D eigenvalue weighted by Gasteiger charge is -1.91. The minimum atomic E-state index is 0.660. The van der Waals surface area contributed by atoms with Crippen molar-refractivity contribution in [1.29, 1.82) is 0 Å². The molecule has 9 heavy (non-hydrogen) atoms. The van der Waals surface area contributed by atoms with E-state index in [0.29, 0.717) is 5.69 Å². The standard InChI is InChI=1S/C6H5N2O/c9-5-8-6-2-1-3-7-4-6/h1-4H,(H,8,9). The van der Waals surface area contributed by atoms with Gasteiger partial charge in [0.1, 0.15) is 0 Å². The molecule has 1 heterocycles. The molecule has 0 bridgehead atoms. The Morgan fingerprint density at radius 1 is 1.67 bits per heavy atom. The summed E-state index contributed by atoms with van der Waals surface area (Å²) in [6.45, 7) is 0. The summed E-state index contributed by atoms with van der Waals surface area (Å²) in [6.07, 6.45) is 4.73. The van der Waals surface area contributed by atoms with E-state index in [-0.39, 0.29) is 0 Å². The number of carbonyl (C=O) groups excluding carboxylic acids is 1. The summed E-state index contributed by atoms with van der Waals surface area (Å²) in [4.78, 5) is 13.5. The molecule has 3 nitrogen and oxygen atoms in total. The Morgan fingerprint density at radius 2 is 2.56 bits per heavy atom. The molecule has 3 heteroatoms. The molecule has 0 aliphatic rings. The van der Waals surface area contributed by atoms with Crippen molar-refractivity contribution in [2.75, 3.05) is 5.32 Å². The van der Waals surface area contributed by atoms with Crippen molar-refractivity contribution in [2.24, 2.45) is 0 Å². The highest BCUT2D eigenvalue weighted by atomic mass is 16.1. The molecule has 45 valence electrons. The molecule has 1 rings (SSSR count). The molecule has 1 aromatic rings. The number of pyridine rings is 1. The summed E-state index contributed by atoms with van der Waals surface area (Å²) in [5, 5.41) is 2.34.